The Hall–Kier alpha value is -10.8. The molecule has 11 aliphatic carbocycles. The Bertz CT molecular complexity index is 8670. The summed E-state index contributed by atoms with van der Waals surface area (Å²) in [5.41, 5.74) is 26.1. The maximum Gasteiger partial charge on any atom is 0.307 e. The van der Waals surface area contributed by atoms with E-state index in [-0.39, 0.29) is 95.0 Å². The van der Waals surface area contributed by atoms with Crippen molar-refractivity contribution < 1.29 is 47.7 Å². The lowest BCUT2D eigenvalue weighted by molar-refractivity contribution is -0.146. The van der Waals surface area contributed by atoms with Crippen LogP contribution in [-0.2, 0) is 74.7 Å². The normalized spacial score (nSPS) is 23.0. The van der Waals surface area contributed by atoms with Crippen molar-refractivity contribution in [1.29, 1.82) is 0 Å². The van der Waals surface area contributed by atoms with E-state index in [1.807, 2.05) is 0 Å². The van der Waals surface area contributed by atoms with E-state index in [0.717, 1.165) is 77.9 Å². The molecule has 576 valence electrons. The molecule has 0 saturated carbocycles. The van der Waals surface area contributed by atoms with Gasteiger partial charge in [0.2, 0.25) is 0 Å². The topological polar surface area (TPSA) is 132 Å². The average Bonchev–Trinajstić information content (AvgIpc) is 1.37. The number of allylic oxidation sites excluding steroid dienone is 4. The van der Waals surface area contributed by atoms with Crippen molar-refractivity contribution >= 4 is 286 Å². The van der Waals surface area contributed by atoms with E-state index in [0.29, 0.717) is 32.1 Å². The molecule has 0 N–H and O–H groups in total. The number of ether oxygens (including phenoxy) is 5. The molecular weight excluding hydrogens is 1560 g/mol. The van der Waals surface area contributed by atoms with Gasteiger partial charge in [-0.3, -0.25) is 24.0 Å². The van der Waals surface area contributed by atoms with Gasteiger partial charge in [0.25, 0.3) is 0 Å². The lowest BCUT2D eigenvalue weighted by Crippen LogP contribution is -2.57. The molecule has 0 radical (unpaired) electrons. The minimum Gasteiger partial charge on any atom is -0.465 e. The lowest BCUT2D eigenvalue weighted by atomic mass is 9.41. The molecule has 4 unspecified atom stereocenters. The number of esters is 5. The fourth-order valence-electron chi connectivity index (χ4n) is 30.9. The van der Waals surface area contributed by atoms with E-state index >= 15 is 24.0 Å². The van der Waals surface area contributed by atoms with Crippen molar-refractivity contribution in [1.82, 2.24) is 0 Å². The molecule has 11 aliphatic rings. The van der Waals surface area contributed by atoms with E-state index in [4.69, 9.17) is 23.7 Å². The molecule has 0 aromatic heterocycles. The zero-order valence-corrected chi connectivity index (χ0v) is 74.8. The van der Waals surface area contributed by atoms with Crippen LogP contribution in [0.1, 0.15) is 120 Å². The number of rotatable bonds is 20. The number of benzene rings is 15. The molecule has 32 rings (SSSR count). The summed E-state index contributed by atoms with van der Waals surface area (Å²) in [5.74, 6) is 14.8. The van der Waals surface area contributed by atoms with Gasteiger partial charge in [0.05, 0.1) is 53.8 Å². The third-order valence-electron chi connectivity index (χ3n) is 32.3. The summed E-state index contributed by atoms with van der Waals surface area (Å²) in [6, 6.07) is 0. The van der Waals surface area contributed by atoms with Crippen LogP contribution < -0.4 is 0 Å². The molecule has 10 nitrogen and oxygen atoms in total. The molecule has 4 atom stereocenters. The zero-order valence-electron chi connectivity index (χ0n) is 69.8. The molecule has 0 fully saturated rings. The lowest BCUT2D eigenvalue weighted by Gasteiger charge is -2.59. The molecule has 0 saturated heterocycles. The van der Waals surface area contributed by atoms with Gasteiger partial charge in [-0.1, -0.05) is 98.2 Å². The highest BCUT2D eigenvalue weighted by Gasteiger charge is 2.83. The molecule has 21 aromatic rings. The van der Waals surface area contributed by atoms with Gasteiger partial charge in [-0.2, -0.15) is 0 Å². The fraction of sp³-hybridized carbons (Fsp3) is 0.343. The first-order valence-corrected chi connectivity index (χ1v) is 61.4. The third kappa shape index (κ3) is 5.99. The van der Waals surface area contributed by atoms with Gasteiger partial charge in [0, 0.05) is 43.4 Å². The highest BCUT2D eigenvalue weighted by Crippen LogP contribution is 2.92. The zero-order chi connectivity index (χ0) is 80.9. The van der Waals surface area contributed by atoms with Crippen LogP contribution in [0.4, 0.5) is 0 Å². The maximum absolute atomic E-state index is 17.2. The summed E-state index contributed by atoms with van der Waals surface area (Å²) in [5, 5.41) is 51.1. The number of carbonyl (C=O) groups is 5. The standard InChI is InChI=1S/C105H76O10Si5/c1-116(2,3)31-21-16-26-111-41(106)36-101-86-76-66-56-51-46-47-49-50-48(46)53-60-58(51)68(66)78-80-70(60)72-62(53)64-55(50)65-63-54(49)61-59-52(47)57(56)67-69(59)79-81-71(61)73(63)83-85-75(65)74(64)84-82(72)92-90(80)102(88(78)86,37-42(107)112-27-17-22-32-117(4,5)6)97-96(101)98-100-99(97)104(92,39-44(109)114-29-19-24-34-119(10,11)12)94(84)95(85)105(100,40-45(110)115-30-20-25-35-120(13,14)15)93(83)91(81)103(98,89(79)87(101)77(67)76)38-43(108)113-28-18-23-33-118(7,8)9/h96H,16-20,26-30,36-40H2,1-15H3. The Morgan fingerprint density at radius 1 is 0.225 bits per heavy atom. The Labute approximate surface area is 692 Å². The predicted octanol–water partition coefficient (Wildman–Crippen LogP) is 21.9. The predicted molar refractivity (Wildman–Crippen MR) is 496 cm³/mol. The van der Waals surface area contributed by atoms with Crippen molar-refractivity contribution in [3.05, 3.63) is 77.9 Å². The molecule has 0 amide bonds. The Morgan fingerprint density at radius 3 is 0.583 bits per heavy atom. The fourth-order valence-corrected chi connectivity index (χ4v) is 34.2. The van der Waals surface area contributed by atoms with Crippen LogP contribution in [0.15, 0.2) is 22.3 Å². The SMILES string of the molecule is C[Si](C)(C)C#CCCOC(=O)CC12C3=C4C5C6=C3C3(CC(=O)OCCC#C[Si](C)(C)C)c7c1c1c8c2c2c9c%10c(c%11c%12c%13c(c%14c%15c%16c(c3c3c7c7c1c1c%17c8c9c8c9c%10c%12c%10c%12c%13c%15c%13c%15c%16c3c3c7c1c1c(c%178)c(c9%10)c(c%13%12)c1c3%15)C6%14CC(=O)OCCC#C[Si](C)(C)C)C%115CC(=O)OCCC#C[Si](C)(C)C)C42CC(=O)OCCC#C[Si](C)(C)C. The van der Waals surface area contributed by atoms with E-state index in [1.54, 1.807) is 0 Å². The molecule has 120 heavy (non-hydrogen) atoms. The largest absolute Gasteiger partial charge is 0.465 e. The third-order valence-corrected chi connectivity index (χ3v) is 36.9. The van der Waals surface area contributed by atoms with Crippen LogP contribution in [0.5, 0.6) is 0 Å². The number of hydrogen-bond donors (Lipinski definition) is 0. The summed E-state index contributed by atoms with van der Waals surface area (Å²) >= 11 is 0. The molecule has 0 heterocycles. The summed E-state index contributed by atoms with van der Waals surface area (Å²) in [4.78, 5) is 86.1. The highest BCUT2D eigenvalue weighted by atomic mass is 28.3. The van der Waals surface area contributed by atoms with Gasteiger partial charge in [0.1, 0.15) is 73.4 Å². The second-order valence-electron chi connectivity index (χ2n) is 43.8. The first kappa shape index (κ1) is 66.0. The summed E-state index contributed by atoms with van der Waals surface area (Å²) in [6.07, 6.45) is 1.44. The molecule has 0 bridgehead atoms. The highest BCUT2D eigenvalue weighted by molar-refractivity contribution is 6.86. The van der Waals surface area contributed by atoms with Crippen molar-refractivity contribution in [2.75, 3.05) is 33.0 Å². The second-order valence-corrected chi connectivity index (χ2v) is 67.6. The van der Waals surface area contributed by atoms with Crippen LogP contribution >= 0.6 is 0 Å². The van der Waals surface area contributed by atoms with E-state index in [9.17, 15) is 0 Å². The molecular formula is C105H76O10Si5. The van der Waals surface area contributed by atoms with Gasteiger partial charge in [-0.25, -0.2) is 0 Å². The van der Waals surface area contributed by atoms with Gasteiger partial charge < -0.3 is 23.7 Å². The first-order chi connectivity index (χ1) is 57.3. The Morgan fingerprint density at radius 2 is 0.383 bits per heavy atom. The number of carbonyl (C=O) groups excluding carboxylic acids is 5. The molecule has 0 aliphatic heterocycles. The van der Waals surface area contributed by atoms with Crippen LogP contribution in [0.3, 0.4) is 0 Å². The van der Waals surface area contributed by atoms with E-state index < -0.39 is 73.4 Å². The average molecular weight is 1640 g/mol. The molecule has 15 heteroatoms. The van der Waals surface area contributed by atoms with Crippen molar-refractivity contribution in [3.8, 4) is 57.3 Å². The van der Waals surface area contributed by atoms with Crippen LogP contribution in [0.2, 0.25) is 98.2 Å². The number of hydrogen-bond acceptors (Lipinski definition) is 10. The van der Waals surface area contributed by atoms with Crippen molar-refractivity contribution in [2.24, 2.45) is 5.92 Å². The van der Waals surface area contributed by atoms with Crippen LogP contribution in [0.25, 0.3) is 215 Å². The smallest absolute Gasteiger partial charge is 0.307 e. The summed E-state index contributed by atoms with van der Waals surface area (Å²) < 4.78 is 34.9. The minimum absolute atomic E-state index is 0.0723. The van der Waals surface area contributed by atoms with Crippen LogP contribution in [0, 0.1) is 63.2 Å². The van der Waals surface area contributed by atoms with Crippen molar-refractivity contribution in [2.45, 2.75) is 189 Å². The molecule has 0 spiro atoms. The Kier molecular flexibility index (Phi) is 10.2. The first-order valence-electron chi connectivity index (χ1n) is 43.9. The van der Waals surface area contributed by atoms with E-state index in [2.05, 4.69) is 156 Å². The van der Waals surface area contributed by atoms with Gasteiger partial charge >= 0.3 is 29.8 Å². The molecule has 21 aromatic carbocycles. The van der Waals surface area contributed by atoms with Crippen LogP contribution in [-0.4, -0.2) is 103 Å². The Balaban J connectivity index is 0.838. The van der Waals surface area contributed by atoms with Gasteiger partial charge in [-0.05, 0) is 293 Å². The monoisotopic (exact) mass is 1640 g/mol. The van der Waals surface area contributed by atoms with Gasteiger partial charge in [-0.15, -0.1) is 57.3 Å². The summed E-state index contributed by atoms with van der Waals surface area (Å²) in [7, 11) is -9.16. The summed E-state index contributed by atoms with van der Waals surface area (Å²) in [6.45, 7) is 34.1. The second kappa shape index (κ2) is 18.5. The maximum atomic E-state index is 17.2. The van der Waals surface area contributed by atoms with Gasteiger partial charge in [0.15, 0.2) is 0 Å². The van der Waals surface area contributed by atoms with Crippen molar-refractivity contribution in [3.63, 3.8) is 0 Å². The van der Waals surface area contributed by atoms with E-state index in [1.165, 1.54) is 215 Å². The quantitative estimate of drug-likeness (QED) is 0.0181. The minimum atomic E-state index is -1.83.